The van der Waals surface area contributed by atoms with E-state index < -0.39 is 12.1 Å². The van der Waals surface area contributed by atoms with Crippen molar-refractivity contribution in [2.24, 2.45) is 0 Å². The number of nitrogens with zero attached hydrogens (tertiary/aromatic N) is 3. The quantitative estimate of drug-likeness (QED) is 0.673. The van der Waals surface area contributed by atoms with E-state index in [4.69, 9.17) is 4.74 Å². The molecule has 112 valence electrons. The summed E-state index contributed by atoms with van der Waals surface area (Å²) in [6, 6.07) is -0.0787. The number of aliphatic hydroxyl groups is 1. The summed E-state index contributed by atoms with van der Waals surface area (Å²) in [6.07, 6.45) is 6.09. The molecule has 1 saturated carbocycles. The van der Waals surface area contributed by atoms with Gasteiger partial charge in [0.25, 0.3) is 0 Å². The minimum absolute atomic E-state index is 0.0787. The Bertz CT molecular complexity index is 459. The average molecular weight is 281 g/mol. The number of methoxy groups -OCH3 is 1. The number of carbonyl (C=O) groups is 1. The molecule has 0 saturated heterocycles. The van der Waals surface area contributed by atoms with E-state index in [1.165, 1.54) is 7.11 Å². The van der Waals surface area contributed by atoms with Crippen LogP contribution in [0.3, 0.4) is 0 Å². The molecule has 1 N–H and O–H groups in total. The zero-order valence-corrected chi connectivity index (χ0v) is 12.2. The molecule has 20 heavy (non-hydrogen) atoms. The SMILES string of the molecule is CCCc1c(C(=O)OC)nnn1C1CCCCCC1O. The third kappa shape index (κ3) is 3.00. The first-order valence-corrected chi connectivity index (χ1v) is 7.39. The molecule has 1 aliphatic carbocycles. The van der Waals surface area contributed by atoms with Gasteiger partial charge in [-0.15, -0.1) is 5.10 Å². The van der Waals surface area contributed by atoms with Gasteiger partial charge in [-0.1, -0.05) is 37.8 Å². The molecule has 2 rings (SSSR count). The van der Waals surface area contributed by atoms with Gasteiger partial charge in [-0.3, -0.25) is 0 Å². The van der Waals surface area contributed by atoms with Crippen LogP contribution < -0.4 is 0 Å². The fourth-order valence-electron chi connectivity index (χ4n) is 2.86. The molecule has 1 aromatic rings. The molecule has 1 heterocycles. The van der Waals surface area contributed by atoms with Gasteiger partial charge in [0.15, 0.2) is 5.69 Å². The van der Waals surface area contributed by atoms with Gasteiger partial charge in [0.2, 0.25) is 0 Å². The van der Waals surface area contributed by atoms with Crippen LogP contribution in [0, 0.1) is 0 Å². The minimum Gasteiger partial charge on any atom is -0.464 e. The van der Waals surface area contributed by atoms with Crippen molar-refractivity contribution in [3.63, 3.8) is 0 Å². The maximum absolute atomic E-state index is 11.8. The highest BCUT2D eigenvalue weighted by molar-refractivity contribution is 5.88. The number of esters is 1. The highest BCUT2D eigenvalue weighted by Gasteiger charge is 2.29. The molecule has 6 heteroatoms. The molecule has 0 amide bonds. The number of rotatable bonds is 4. The largest absolute Gasteiger partial charge is 0.464 e. The van der Waals surface area contributed by atoms with Gasteiger partial charge in [0.1, 0.15) is 0 Å². The lowest BCUT2D eigenvalue weighted by atomic mass is 10.1. The Hall–Kier alpha value is -1.43. The molecule has 2 unspecified atom stereocenters. The fraction of sp³-hybridized carbons (Fsp3) is 0.786. The van der Waals surface area contributed by atoms with Crippen LogP contribution in [0.1, 0.15) is 67.7 Å². The maximum atomic E-state index is 11.8. The van der Waals surface area contributed by atoms with Gasteiger partial charge in [-0.25, -0.2) is 9.48 Å². The zero-order valence-electron chi connectivity index (χ0n) is 12.2. The molecule has 1 fully saturated rings. The predicted molar refractivity (Wildman–Crippen MR) is 73.5 cm³/mol. The Morgan fingerprint density at radius 2 is 2.15 bits per heavy atom. The number of ether oxygens (including phenoxy) is 1. The lowest BCUT2D eigenvalue weighted by Gasteiger charge is -2.22. The van der Waals surface area contributed by atoms with Gasteiger partial charge < -0.3 is 9.84 Å². The van der Waals surface area contributed by atoms with Crippen molar-refractivity contribution in [2.75, 3.05) is 7.11 Å². The monoisotopic (exact) mass is 281 g/mol. The number of hydrogen-bond donors (Lipinski definition) is 1. The van der Waals surface area contributed by atoms with E-state index in [0.717, 1.165) is 44.2 Å². The van der Waals surface area contributed by atoms with Gasteiger partial charge in [-0.2, -0.15) is 0 Å². The van der Waals surface area contributed by atoms with Crippen molar-refractivity contribution >= 4 is 5.97 Å². The van der Waals surface area contributed by atoms with E-state index in [2.05, 4.69) is 10.3 Å². The van der Waals surface area contributed by atoms with E-state index in [1.54, 1.807) is 4.68 Å². The predicted octanol–water partition coefficient (Wildman–Crippen LogP) is 1.88. The van der Waals surface area contributed by atoms with Gasteiger partial charge in [-0.05, 0) is 19.3 Å². The second-order valence-corrected chi connectivity index (χ2v) is 5.34. The van der Waals surface area contributed by atoms with Crippen LogP contribution in [0.15, 0.2) is 0 Å². The number of carbonyl (C=O) groups excluding carboxylic acids is 1. The van der Waals surface area contributed by atoms with E-state index in [9.17, 15) is 9.90 Å². The van der Waals surface area contributed by atoms with Crippen molar-refractivity contribution in [1.29, 1.82) is 0 Å². The highest BCUT2D eigenvalue weighted by atomic mass is 16.5. The molecule has 1 aliphatic rings. The summed E-state index contributed by atoms with van der Waals surface area (Å²) in [5.41, 5.74) is 1.07. The van der Waals surface area contributed by atoms with Crippen LogP contribution in [0.2, 0.25) is 0 Å². The lowest BCUT2D eigenvalue weighted by molar-refractivity contribution is 0.0591. The Kier molecular flexibility index (Phi) is 5.11. The van der Waals surface area contributed by atoms with Crippen LogP contribution in [0.4, 0.5) is 0 Å². The van der Waals surface area contributed by atoms with Crippen LogP contribution in [-0.2, 0) is 11.2 Å². The summed E-state index contributed by atoms with van der Waals surface area (Å²) in [5, 5.41) is 18.4. The van der Waals surface area contributed by atoms with Crippen molar-refractivity contribution in [1.82, 2.24) is 15.0 Å². The molecule has 6 nitrogen and oxygen atoms in total. The normalized spacial score (nSPS) is 23.4. The second-order valence-electron chi connectivity index (χ2n) is 5.34. The first kappa shape index (κ1) is 15.0. The first-order chi connectivity index (χ1) is 9.69. The van der Waals surface area contributed by atoms with E-state index >= 15 is 0 Å². The van der Waals surface area contributed by atoms with E-state index in [-0.39, 0.29) is 11.7 Å². The fourth-order valence-corrected chi connectivity index (χ4v) is 2.86. The molecule has 1 aromatic heterocycles. The second kappa shape index (κ2) is 6.83. The van der Waals surface area contributed by atoms with Crippen LogP contribution in [0.5, 0.6) is 0 Å². The van der Waals surface area contributed by atoms with Crippen molar-refractivity contribution in [2.45, 2.75) is 64.0 Å². The van der Waals surface area contributed by atoms with Crippen LogP contribution in [-0.4, -0.2) is 39.3 Å². The average Bonchev–Trinajstić information content (AvgIpc) is 2.73. The summed E-state index contributed by atoms with van der Waals surface area (Å²) >= 11 is 0. The molecule has 0 spiro atoms. The van der Waals surface area contributed by atoms with E-state index in [0.29, 0.717) is 6.42 Å². The summed E-state index contributed by atoms with van der Waals surface area (Å²) < 4.78 is 6.51. The summed E-state index contributed by atoms with van der Waals surface area (Å²) in [7, 11) is 1.34. The van der Waals surface area contributed by atoms with Crippen LogP contribution in [0.25, 0.3) is 0 Å². The topological polar surface area (TPSA) is 77.2 Å². The smallest absolute Gasteiger partial charge is 0.360 e. The lowest BCUT2D eigenvalue weighted by Crippen LogP contribution is -2.26. The Morgan fingerprint density at radius 1 is 1.40 bits per heavy atom. The standard InChI is InChI=1S/C14H23N3O3/c1-3-7-11-13(14(19)20-2)15-16-17(11)10-8-5-4-6-9-12(10)18/h10,12,18H,3-9H2,1-2H3. The van der Waals surface area contributed by atoms with Gasteiger partial charge in [0.05, 0.1) is 24.9 Å². The zero-order chi connectivity index (χ0) is 14.5. The van der Waals surface area contributed by atoms with Crippen LogP contribution >= 0.6 is 0 Å². The molecule has 0 radical (unpaired) electrons. The summed E-state index contributed by atoms with van der Waals surface area (Å²) in [6.45, 7) is 2.04. The molecule has 0 aromatic carbocycles. The van der Waals surface area contributed by atoms with E-state index in [1.807, 2.05) is 6.92 Å². The highest BCUT2D eigenvalue weighted by Crippen LogP contribution is 2.29. The molecule has 0 aliphatic heterocycles. The number of aromatic nitrogens is 3. The summed E-state index contributed by atoms with van der Waals surface area (Å²) in [5.74, 6) is -0.456. The number of hydrogen-bond acceptors (Lipinski definition) is 5. The molecular weight excluding hydrogens is 258 g/mol. The van der Waals surface area contributed by atoms with Crippen molar-refractivity contribution in [3.8, 4) is 0 Å². The first-order valence-electron chi connectivity index (χ1n) is 7.39. The molecule has 2 atom stereocenters. The Balaban J connectivity index is 2.34. The Morgan fingerprint density at radius 3 is 2.85 bits per heavy atom. The molecular formula is C14H23N3O3. The van der Waals surface area contributed by atoms with Crippen molar-refractivity contribution < 1.29 is 14.6 Å². The third-order valence-electron chi connectivity index (χ3n) is 3.91. The Labute approximate surface area is 119 Å². The van der Waals surface area contributed by atoms with Gasteiger partial charge in [0, 0.05) is 0 Å². The third-order valence-corrected chi connectivity index (χ3v) is 3.91. The maximum Gasteiger partial charge on any atom is 0.360 e. The summed E-state index contributed by atoms with van der Waals surface area (Å²) in [4.78, 5) is 11.8. The van der Waals surface area contributed by atoms with Crippen molar-refractivity contribution in [3.05, 3.63) is 11.4 Å². The van der Waals surface area contributed by atoms with Gasteiger partial charge >= 0.3 is 5.97 Å². The molecule has 0 bridgehead atoms. The minimum atomic E-state index is -0.456. The number of aliphatic hydroxyl groups excluding tert-OH is 1.